The zero-order valence-corrected chi connectivity index (χ0v) is 75.8. The first kappa shape index (κ1) is 91.5. The van der Waals surface area contributed by atoms with Gasteiger partial charge < -0.3 is 99.2 Å². The number of methoxy groups -OCH3 is 3. The third kappa shape index (κ3) is 25.9. The van der Waals surface area contributed by atoms with Crippen molar-refractivity contribution in [1.29, 1.82) is 0 Å². The summed E-state index contributed by atoms with van der Waals surface area (Å²) in [5, 5.41) is 28.5. The molecule has 642 valence electrons. The Hall–Kier alpha value is -8.24. The number of rotatable bonds is 27. The summed E-state index contributed by atoms with van der Waals surface area (Å²) in [6, 6.07) is 38.4. The Morgan fingerprint density at radius 2 is 1.01 bits per heavy atom. The van der Waals surface area contributed by atoms with Gasteiger partial charge >= 0.3 is 0 Å². The molecule has 2 aromatic heterocycles. The first-order valence-corrected chi connectivity index (χ1v) is 50.0. The summed E-state index contributed by atoms with van der Waals surface area (Å²) in [6.45, 7) is 28.5. The monoisotopic (exact) mass is 1760 g/mol. The molecular weight excluding hydrogens is 1650 g/mol. The Balaban J connectivity index is 0.000000175. The number of anilines is 12. The van der Waals surface area contributed by atoms with Gasteiger partial charge in [-0.2, -0.15) is 9.97 Å². The van der Waals surface area contributed by atoms with Gasteiger partial charge in [0.2, 0.25) is 11.9 Å². The van der Waals surface area contributed by atoms with Crippen LogP contribution < -0.4 is 87.2 Å². The smallest absolute Gasteiger partial charge is 0.229 e. The van der Waals surface area contributed by atoms with Crippen LogP contribution in [0.5, 0.6) is 23.0 Å². The quantitative estimate of drug-likeness (QED) is 0.0175. The summed E-state index contributed by atoms with van der Waals surface area (Å²) >= 11 is 16.7. The number of hydrogen-bond acceptors (Lipinski definition) is 28. The van der Waals surface area contributed by atoms with E-state index in [4.69, 9.17) is 58.5 Å². The molecule has 0 spiro atoms. The van der Waals surface area contributed by atoms with E-state index >= 15 is 0 Å². The molecule has 0 radical (unpaired) electrons. The second-order valence-corrected chi connectivity index (χ2v) is 43.0. The van der Waals surface area contributed by atoms with Crippen molar-refractivity contribution >= 4 is 158 Å². The van der Waals surface area contributed by atoms with Crippen molar-refractivity contribution in [3.63, 3.8) is 0 Å². The number of para-hydroxylation sites is 2. The minimum absolute atomic E-state index is 0.00348. The molecule has 0 amide bonds. The number of aliphatic imine (C=N–C) groups is 1. The van der Waals surface area contributed by atoms with Gasteiger partial charge in [0.05, 0.1) is 92.2 Å². The molecule has 5 fully saturated rings. The predicted molar refractivity (Wildman–Crippen MR) is 490 cm³/mol. The highest BCUT2D eigenvalue weighted by Crippen LogP contribution is 2.43. The lowest BCUT2D eigenvalue weighted by Gasteiger charge is -2.43. The Bertz CT molecular complexity index is 4990. The number of morpholine rings is 1. The maximum absolute atomic E-state index is 12.9. The molecule has 1 aliphatic carbocycles. The number of halogens is 3. The fraction of sp³-hybridized carbons (Fsp3) is 0.440. The molecule has 2 unspecified atom stereocenters. The minimum Gasteiger partial charge on any atom is -0.768 e. The molecule has 119 heavy (non-hydrogen) atoms. The number of allylic oxidation sites excluding steroid dienone is 1. The van der Waals surface area contributed by atoms with Gasteiger partial charge in [-0.3, -0.25) is 14.0 Å². The lowest BCUT2D eigenvalue weighted by molar-refractivity contribution is 0.0115. The number of hydrogen-bond donors (Lipinski definition) is 8. The van der Waals surface area contributed by atoms with E-state index in [0.717, 1.165) is 110 Å². The molecule has 6 aliphatic rings. The van der Waals surface area contributed by atoms with Crippen LogP contribution in [0.15, 0.2) is 154 Å². The lowest BCUT2D eigenvalue weighted by Crippen LogP contribution is -2.53. The molecule has 6 aromatic carbocycles. The van der Waals surface area contributed by atoms with Crippen LogP contribution in [0, 0.1) is 5.92 Å². The van der Waals surface area contributed by atoms with Crippen LogP contribution in [0.2, 0.25) is 10.0 Å². The standard InChI is InChI=1S/C34H47ClN7O2P.C29H40ClN6O4P.C19H20ClN4O4PS.C2H7N/c1-24(2)44-31-21-27(41-15-13-26(14-16-41)42-19-17-40(18-20-42)23-25-9-10-25)11-12-29(31)38-34-36-22-28(35)33(39-34)37-30-7-5-6-8-32(30)45(3,4)43;1-38-26-17-21(35-11-9-20(10-12-35)36-13-15-40-16-14-36)5-7-25(26)33-29-31-19-23(30)28(34-29)32-24-8-6-22(41(3,4)37)18-27(24)39-2;1-28-16-10-12(29(2,3)25)8-9-14(16)23-19-21-11-13(20)18(24-19)22-15-6-4-5-7-17(15)30(26)27;1-3-2/h5-8,11-12,21-22,24-26H,9-10,13-20,23H2,1-4H3,(H2,36,37,38,39);5-8,17-20,29,32-34H,9-16H2,1-4H3;4-11H,1-3H3,(H,26,27)(H2,21,22,23,24);3H,1-2H3/p-1. The molecular formula is C84H113Cl3N18O10P3S-. The number of nitrogens with zero attached hydrogens (tertiary/aromatic N) is 10. The minimum atomic E-state index is -2.52. The van der Waals surface area contributed by atoms with Crippen molar-refractivity contribution in [2.75, 3.05) is 202 Å². The normalized spacial score (nSPS) is 17.4. The summed E-state index contributed by atoms with van der Waals surface area (Å²) in [7, 11) is 1.14. The number of piperidine rings is 2. The summed E-state index contributed by atoms with van der Waals surface area (Å²) in [5.74, 6) is 5.37. The van der Waals surface area contributed by atoms with Gasteiger partial charge in [0.1, 0.15) is 60.3 Å². The van der Waals surface area contributed by atoms with Crippen LogP contribution >= 0.6 is 56.2 Å². The third-order valence-electron chi connectivity index (χ3n) is 20.9. The molecule has 5 aliphatic heterocycles. The van der Waals surface area contributed by atoms with Crippen molar-refractivity contribution in [2.45, 2.75) is 81.7 Å². The van der Waals surface area contributed by atoms with Crippen LogP contribution in [0.25, 0.3) is 0 Å². The number of benzene rings is 6. The van der Waals surface area contributed by atoms with Crippen LogP contribution in [0.3, 0.4) is 0 Å². The van der Waals surface area contributed by atoms with E-state index in [2.05, 4.69) is 116 Å². The van der Waals surface area contributed by atoms with Crippen LogP contribution in [0.4, 0.5) is 69.0 Å². The summed E-state index contributed by atoms with van der Waals surface area (Å²) in [5.41, 5.74) is 6.23. The Morgan fingerprint density at radius 3 is 1.51 bits per heavy atom. The van der Waals surface area contributed by atoms with Crippen molar-refractivity contribution in [2.24, 2.45) is 10.9 Å². The fourth-order valence-corrected chi connectivity index (χ4v) is 18.3. The first-order valence-electron chi connectivity index (χ1n) is 40.0. The maximum Gasteiger partial charge on any atom is 0.229 e. The number of aromatic nitrogens is 4. The molecule has 2 atom stereocenters. The second kappa shape index (κ2) is 42.5. The first-order chi connectivity index (χ1) is 57.0. The van der Waals surface area contributed by atoms with Crippen molar-refractivity contribution in [3.8, 4) is 23.0 Å². The van der Waals surface area contributed by atoms with E-state index in [1.165, 1.54) is 83.5 Å². The summed E-state index contributed by atoms with van der Waals surface area (Å²) in [4.78, 5) is 35.1. The summed E-state index contributed by atoms with van der Waals surface area (Å²) < 4.78 is 89.1. The highest BCUT2D eigenvalue weighted by Gasteiger charge is 2.33. The van der Waals surface area contributed by atoms with Crippen molar-refractivity contribution in [1.82, 2.24) is 45.3 Å². The van der Waals surface area contributed by atoms with E-state index < -0.39 is 38.8 Å². The molecule has 8 aromatic rings. The highest BCUT2D eigenvalue weighted by molar-refractivity contribution is 7.79. The van der Waals surface area contributed by atoms with E-state index in [0.29, 0.717) is 79.3 Å². The van der Waals surface area contributed by atoms with E-state index in [-0.39, 0.29) is 27.8 Å². The molecule has 8 N–H and O–H groups in total. The number of ether oxygens (including phenoxy) is 5. The SMILES string of the molecule is CC(C)Oc1cc(N2CCC(N3CCN(CC4CC4)CC3)CC2)ccc1Nc1ncc(Cl)c(Nc2ccccc2P(C)(C)=O)n1.CNC.COc1cc(P(C)(C)=O)ccc1NC1=C(Cl)C=NC(Nc2ccc(N3CCC(N4CCOCC4)CC3)cc2OC)N1.COc1cc(P(C)(C)=O)ccc1Nc1ncc(Cl)c(Nc2ccccc2S(=O)[O-])n1. The topological polar surface area (TPSA) is 314 Å². The van der Waals surface area contributed by atoms with E-state index in [1.54, 1.807) is 109 Å². The average Bonchev–Trinajstić information content (AvgIpc) is 1.21. The largest absolute Gasteiger partial charge is 0.768 e. The van der Waals surface area contributed by atoms with Crippen LogP contribution in [-0.2, 0) is 29.5 Å². The van der Waals surface area contributed by atoms with Gasteiger partial charge in [-0.25, -0.2) is 15.0 Å². The maximum atomic E-state index is 12.9. The van der Waals surface area contributed by atoms with Crippen molar-refractivity contribution < 1.29 is 46.1 Å². The van der Waals surface area contributed by atoms with Gasteiger partial charge in [0.15, 0.2) is 17.9 Å². The van der Waals surface area contributed by atoms with Gasteiger partial charge in [-0.1, -0.05) is 59.1 Å². The molecule has 0 bridgehead atoms. The van der Waals surface area contributed by atoms with Crippen molar-refractivity contribution in [3.05, 3.63) is 155 Å². The fourth-order valence-electron chi connectivity index (χ4n) is 14.5. The van der Waals surface area contributed by atoms with Crippen LogP contribution in [0.1, 0.15) is 52.4 Å². The average molecular weight is 1770 g/mol. The zero-order chi connectivity index (χ0) is 85.1. The molecule has 14 rings (SSSR count). The Morgan fingerprint density at radius 1 is 0.546 bits per heavy atom. The van der Waals surface area contributed by atoms with Gasteiger partial charge in [-0.05, 0) is 208 Å². The van der Waals surface area contributed by atoms with E-state index in [1.807, 2.05) is 76.5 Å². The van der Waals surface area contributed by atoms with Gasteiger partial charge in [0, 0.05) is 135 Å². The molecule has 35 heteroatoms. The number of piperazine rings is 1. The molecule has 1 saturated carbocycles. The Labute approximate surface area is 717 Å². The summed E-state index contributed by atoms with van der Waals surface area (Å²) in [6.07, 6.45) is 11.6. The predicted octanol–water partition coefficient (Wildman–Crippen LogP) is 14.7. The van der Waals surface area contributed by atoms with E-state index in [9.17, 15) is 22.5 Å². The Kier molecular flexibility index (Phi) is 32.7. The molecule has 7 heterocycles. The molecule has 4 saturated heterocycles. The van der Waals surface area contributed by atoms with Crippen LogP contribution in [-0.4, -0.2) is 235 Å². The number of nitrogens with one attached hydrogen (secondary N) is 8. The highest BCUT2D eigenvalue weighted by atomic mass is 35.5. The lowest BCUT2D eigenvalue weighted by atomic mass is 10.0. The van der Waals surface area contributed by atoms with Gasteiger partial charge in [0.25, 0.3) is 0 Å². The zero-order valence-electron chi connectivity index (χ0n) is 70.0. The third-order valence-corrected chi connectivity index (χ3v) is 27.1. The van der Waals surface area contributed by atoms with Gasteiger partial charge in [-0.15, -0.1) is 0 Å². The second-order valence-electron chi connectivity index (χ2n) is 31.3. The molecule has 28 nitrogen and oxygen atoms in total.